The van der Waals surface area contributed by atoms with E-state index in [1.54, 1.807) is 41.6 Å². The number of aromatic nitrogens is 1. The third kappa shape index (κ3) is 5.42. The lowest BCUT2D eigenvalue weighted by Crippen LogP contribution is -2.47. The molecule has 0 saturated carbocycles. The molecule has 6 nitrogen and oxygen atoms in total. The van der Waals surface area contributed by atoms with Crippen molar-refractivity contribution in [3.63, 3.8) is 0 Å². The number of nitrogen functional groups attached to an aromatic ring is 1. The van der Waals surface area contributed by atoms with E-state index in [-0.39, 0.29) is 11.7 Å². The van der Waals surface area contributed by atoms with Gasteiger partial charge in [0.05, 0.1) is 11.9 Å². The van der Waals surface area contributed by atoms with Crippen LogP contribution < -0.4 is 15.5 Å². The highest BCUT2D eigenvalue weighted by molar-refractivity contribution is 6.06. The van der Waals surface area contributed by atoms with Gasteiger partial charge in [0.1, 0.15) is 5.82 Å². The van der Waals surface area contributed by atoms with Crippen LogP contribution in [0.3, 0.4) is 0 Å². The summed E-state index contributed by atoms with van der Waals surface area (Å²) in [4.78, 5) is 23.8. The molecule has 1 fully saturated rings. The van der Waals surface area contributed by atoms with Gasteiger partial charge >= 0.3 is 0 Å². The second kappa shape index (κ2) is 10.2. The largest absolute Gasteiger partial charge is 0.399 e. The highest BCUT2D eigenvalue weighted by Gasteiger charge is 2.20. The van der Waals surface area contributed by atoms with Crippen molar-refractivity contribution in [2.24, 2.45) is 0 Å². The minimum atomic E-state index is -0.209. The van der Waals surface area contributed by atoms with Crippen LogP contribution in [0.4, 0.5) is 21.5 Å². The summed E-state index contributed by atoms with van der Waals surface area (Å²) in [7, 11) is 0. The van der Waals surface area contributed by atoms with Crippen LogP contribution in [0.5, 0.6) is 0 Å². The van der Waals surface area contributed by atoms with Crippen molar-refractivity contribution in [1.29, 1.82) is 0 Å². The second-order valence-corrected chi connectivity index (χ2v) is 7.95. The molecule has 1 saturated heterocycles. The Morgan fingerprint density at radius 1 is 1.00 bits per heavy atom. The third-order valence-corrected chi connectivity index (χ3v) is 5.78. The fourth-order valence-corrected chi connectivity index (χ4v) is 3.98. The first-order valence-electron chi connectivity index (χ1n) is 10.9. The average molecular weight is 434 g/mol. The zero-order valence-corrected chi connectivity index (χ0v) is 18.0. The lowest BCUT2D eigenvalue weighted by Gasteiger charge is -2.36. The van der Waals surface area contributed by atoms with Crippen LogP contribution in [0.15, 0.2) is 73.1 Å². The molecule has 1 amide bonds. The number of carbonyl (C=O) groups is 1. The van der Waals surface area contributed by atoms with Crippen LogP contribution >= 0.6 is 0 Å². The summed E-state index contributed by atoms with van der Waals surface area (Å²) in [5.74, 6) is -0.266. The van der Waals surface area contributed by atoms with Gasteiger partial charge in [-0.1, -0.05) is 0 Å². The van der Waals surface area contributed by atoms with Crippen LogP contribution in [-0.4, -0.2) is 55.1 Å². The van der Waals surface area contributed by atoms with E-state index in [1.807, 2.05) is 24.3 Å². The predicted molar refractivity (Wildman–Crippen MR) is 126 cm³/mol. The Bertz CT molecular complexity index is 1000. The van der Waals surface area contributed by atoms with Crippen LogP contribution in [0.25, 0.3) is 0 Å². The normalized spacial score (nSPS) is 14.3. The molecule has 32 heavy (non-hydrogen) atoms. The maximum absolute atomic E-state index is 13.2. The second-order valence-electron chi connectivity index (χ2n) is 7.95. The average Bonchev–Trinajstić information content (AvgIpc) is 2.83. The van der Waals surface area contributed by atoms with Crippen LogP contribution in [-0.2, 0) is 0 Å². The SMILES string of the molecule is Nc1ccc(C(=O)N(CCCN2CCN(c3ccc(F)cc3)CC2)c2cccnc2)cc1. The Kier molecular flexibility index (Phi) is 6.97. The summed E-state index contributed by atoms with van der Waals surface area (Å²) in [6, 6.07) is 17.4. The van der Waals surface area contributed by atoms with Gasteiger partial charge in [-0.05, 0) is 73.6 Å². The van der Waals surface area contributed by atoms with Gasteiger partial charge in [-0.3, -0.25) is 14.7 Å². The number of nitrogens with zero attached hydrogens (tertiary/aromatic N) is 4. The van der Waals surface area contributed by atoms with Gasteiger partial charge in [0.15, 0.2) is 0 Å². The standard InChI is InChI=1S/C25H28FN5O/c26-21-6-10-23(11-7-21)30-17-15-29(16-18-30)13-2-14-31(24-3-1-12-28-19-24)25(32)20-4-8-22(27)9-5-20/h1,3-12,19H,2,13-18,27H2. The Hall–Kier alpha value is -3.45. The van der Waals surface area contributed by atoms with Gasteiger partial charge in [0.2, 0.25) is 0 Å². The number of benzene rings is 2. The van der Waals surface area contributed by atoms with Crippen molar-refractivity contribution in [2.75, 3.05) is 54.8 Å². The monoisotopic (exact) mass is 433 g/mol. The van der Waals surface area contributed by atoms with Crippen molar-refractivity contribution < 1.29 is 9.18 Å². The van der Waals surface area contributed by atoms with Crippen molar-refractivity contribution in [3.8, 4) is 0 Å². The lowest BCUT2D eigenvalue weighted by atomic mass is 10.1. The number of hydrogen-bond acceptors (Lipinski definition) is 5. The predicted octanol–water partition coefficient (Wildman–Crippen LogP) is 3.66. The van der Waals surface area contributed by atoms with Crippen molar-refractivity contribution >= 4 is 23.0 Å². The Labute approximate surface area is 188 Å². The Morgan fingerprint density at radius 3 is 2.38 bits per heavy atom. The van der Waals surface area contributed by atoms with E-state index in [1.165, 1.54) is 12.1 Å². The molecule has 2 heterocycles. The zero-order chi connectivity index (χ0) is 22.3. The molecule has 2 N–H and O–H groups in total. The maximum atomic E-state index is 13.2. The number of nitrogens with two attached hydrogens (primary N) is 1. The van der Waals surface area contributed by atoms with Gasteiger partial charge in [-0.2, -0.15) is 0 Å². The van der Waals surface area contributed by atoms with Gasteiger partial charge in [0.25, 0.3) is 5.91 Å². The molecule has 0 bridgehead atoms. The van der Waals surface area contributed by atoms with Gasteiger partial charge in [0, 0.05) is 55.9 Å². The maximum Gasteiger partial charge on any atom is 0.258 e. The Morgan fingerprint density at radius 2 is 1.72 bits per heavy atom. The molecule has 0 radical (unpaired) electrons. The van der Waals surface area contributed by atoms with E-state index in [9.17, 15) is 9.18 Å². The molecule has 4 rings (SSSR count). The molecule has 0 aliphatic carbocycles. The summed E-state index contributed by atoms with van der Waals surface area (Å²) < 4.78 is 13.2. The fourth-order valence-electron chi connectivity index (χ4n) is 3.98. The number of halogens is 1. The molecule has 1 aliphatic rings. The Balaban J connectivity index is 1.33. The van der Waals surface area contributed by atoms with E-state index in [0.717, 1.165) is 50.5 Å². The number of amides is 1. The molecule has 1 aliphatic heterocycles. The number of carbonyl (C=O) groups excluding carboxylic acids is 1. The molecule has 2 aromatic carbocycles. The van der Waals surface area contributed by atoms with Crippen molar-refractivity contribution in [3.05, 3.63) is 84.4 Å². The molecule has 0 spiro atoms. The number of anilines is 3. The van der Waals surface area contributed by atoms with Gasteiger partial charge < -0.3 is 15.5 Å². The highest BCUT2D eigenvalue weighted by Crippen LogP contribution is 2.19. The fraction of sp³-hybridized carbons (Fsp3) is 0.280. The molecule has 0 atom stereocenters. The quantitative estimate of drug-likeness (QED) is 0.576. The minimum Gasteiger partial charge on any atom is -0.399 e. The van der Waals surface area contributed by atoms with Crippen molar-refractivity contribution in [2.45, 2.75) is 6.42 Å². The van der Waals surface area contributed by atoms with E-state index in [4.69, 9.17) is 5.73 Å². The topological polar surface area (TPSA) is 65.7 Å². The summed E-state index contributed by atoms with van der Waals surface area (Å²) in [5, 5.41) is 0. The third-order valence-electron chi connectivity index (χ3n) is 5.78. The van der Waals surface area contributed by atoms with E-state index >= 15 is 0 Å². The summed E-state index contributed by atoms with van der Waals surface area (Å²) in [6.45, 7) is 5.20. The van der Waals surface area contributed by atoms with E-state index < -0.39 is 0 Å². The lowest BCUT2D eigenvalue weighted by molar-refractivity contribution is 0.0985. The molecule has 1 aromatic heterocycles. The molecule has 7 heteroatoms. The molecule has 0 unspecified atom stereocenters. The number of pyridine rings is 1. The van der Waals surface area contributed by atoms with Crippen LogP contribution in [0.2, 0.25) is 0 Å². The molecule has 166 valence electrons. The van der Waals surface area contributed by atoms with Gasteiger partial charge in [-0.15, -0.1) is 0 Å². The van der Waals surface area contributed by atoms with Crippen molar-refractivity contribution in [1.82, 2.24) is 9.88 Å². The van der Waals surface area contributed by atoms with Gasteiger partial charge in [-0.25, -0.2) is 4.39 Å². The molecular weight excluding hydrogens is 405 g/mol. The van der Waals surface area contributed by atoms with E-state index in [0.29, 0.717) is 17.8 Å². The minimum absolute atomic E-state index is 0.0564. The summed E-state index contributed by atoms with van der Waals surface area (Å²) in [6.07, 6.45) is 4.28. The summed E-state index contributed by atoms with van der Waals surface area (Å²) in [5.41, 5.74) is 8.86. The van der Waals surface area contributed by atoms with Crippen LogP contribution in [0.1, 0.15) is 16.8 Å². The number of piperazine rings is 1. The van der Waals surface area contributed by atoms with E-state index in [2.05, 4.69) is 14.8 Å². The highest BCUT2D eigenvalue weighted by atomic mass is 19.1. The first-order valence-corrected chi connectivity index (χ1v) is 10.9. The number of rotatable bonds is 7. The first-order chi connectivity index (χ1) is 15.6. The molecular formula is C25H28FN5O. The smallest absolute Gasteiger partial charge is 0.258 e. The van der Waals surface area contributed by atoms with Crippen LogP contribution in [0, 0.1) is 5.82 Å². The molecule has 3 aromatic rings. The zero-order valence-electron chi connectivity index (χ0n) is 18.0. The first kappa shape index (κ1) is 21.8. The summed E-state index contributed by atoms with van der Waals surface area (Å²) >= 11 is 0. The number of hydrogen-bond donors (Lipinski definition) is 1.